The van der Waals surface area contributed by atoms with E-state index >= 15 is 0 Å². The smallest absolute Gasteiger partial charge is 0.136 e. The largest absolute Gasteiger partial charge is 0.495 e. The van der Waals surface area contributed by atoms with Crippen LogP contribution in [0.2, 0.25) is 0 Å². The zero-order valence-corrected chi connectivity index (χ0v) is 12.8. The Kier molecular flexibility index (Phi) is 5.16. The molecule has 0 aliphatic rings. The first kappa shape index (κ1) is 14.6. The number of nitriles is 1. The van der Waals surface area contributed by atoms with Crippen molar-refractivity contribution in [2.45, 2.75) is 13.1 Å². The molecule has 0 atom stereocenters. The molecule has 2 rings (SSSR count). The summed E-state index contributed by atoms with van der Waals surface area (Å²) in [7, 11) is 1.58. The van der Waals surface area contributed by atoms with Gasteiger partial charge in [-0.3, -0.25) is 0 Å². The van der Waals surface area contributed by atoms with E-state index in [-0.39, 0.29) is 0 Å². The van der Waals surface area contributed by atoms with Gasteiger partial charge in [-0.25, -0.2) is 0 Å². The molecule has 102 valence electrons. The van der Waals surface area contributed by atoms with Crippen LogP contribution in [0.25, 0.3) is 0 Å². The normalized spacial score (nSPS) is 10.1. The summed E-state index contributed by atoms with van der Waals surface area (Å²) < 4.78 is 6.30. The predicted octanol–water partition coefficient (Wildman–Crippen LogP) is 3.62. The van der Waals surface area contributed by atoms with Crippen molar-refractivity contribution in [3.63, 3.8) is 0 Å². The Balaban J connectivity index is 1.98. The third-order valence-electron chi connectivity index (χ3n) is 2.99. The quantitative estimate of drug-likeness (QED) is 0.910. The van der Waals surface area contributed by atoms with Crippen LogP contribution in [0.3, 0.4) is 0 Å². The van der Waals surface area contributed by atoms with Crippen LogP contribution in [0.4, 0.5) is 0 Å². The van der Waals surface area contributed by atoms with Gasteiger partial charge in [0.1, 0.15) is 11.8 Å². The summed E-state index contributed by atoms with van der Waals surface area (Å²) in [5.41, 5.74) is 2.86. The fourth-order valence-electron chi connectivity index (χ4n) is 1.92. The van der Waals surface area contributed by atoms with Gasteiger partial charge in [0.25, 0.3) is 0 Å². The van der Waals surface area contributed by atoms with E-state index in [2.05, 4.69) is 33.4 Å². The van der Waals surface area contributed by atoms with Crippen molar-refractivity contribution in [3.8, 4) is 11.8 Å². The van der Waals surface area contributed by atoms with E-state index in [1.165, 1.54) is 5.56 Å². The van der Waals surface area contributed by atoms with Crippen LogP contribution in [0.1, 0.15) is 16.7 Å². The number of nitrogens with zero attached hydrogens (tertiary/aromatic N) is 1. The topological polar surface area (TPSA) is 45.0 Å². The highest BCUT2D eigenvalue weighted by Crippen LogP contribution is 2.19. The van der Waals surface area contributed by atoms with Crippen LogP contribution in [0, 0.1) is 11.3 Å². The summed E-state index contributed by atoms with van der Waals surface area (Å²) in [6.45, 7) is 1.51. The molecule has 0 spiro atoms. The number of halogens is 1. The zero-order chi connectivity index (χ0) is 14.4. The molecule has 2 aromatic rings. The molecule has 0 aliphatic heterocycles. The lowest BCUT2D eigenvalue weighted by Gasteiger charge is -2.09. The van der Waals surface area contributed by atoms with Gasteiger partial charge in [-0.15, -0.1) is 0 Å². The number of nitrogens with one attached hydrogen (secondary N) is 1. The van der Waals surface area contributed by atoms with Crippen molar-refractivity contribution in [1.82, 2.24) is 5.32 Å². The highest BCUT2D eigenvalue weighted by molar-refractivity contribution is 9.10. The molecule has 0 saturated heterocycles. The maximum absolute atomic E-state index is 8.94. The predicted molar refractivity (Wildman–Crippen MR) is 82.4 cm³/mol. The van der Waals surface area contributed by atoms with Gasteiger partial charge >= 0.3 is 0 Å². The molecule has 2 aromatic carbocycles. The van der Waals surface area contributed by atoms with E-state index in [0.29, 0.717) is 11.3 Å². The van der Waals surface area contributed by atoms with Crippen molar-refractivity contribution in [1.29, 1.82) is 5.26 Å². The van der Waals surface area contributed by atoms with Crippen molar-refractivity contribution in [2.24, 2.45) is 0 Å². The fourth-order valence-corrected chi connectivity index (χ4v) is 2.35. The average molecular weight is 331 g/mol. The molecule has 20 heavy (non-hydrogen) atoms. The first-order chi connectivity index (χ1) is 9.74. The minimum atomic E-state index is 0.557. The van der Waals surface area contributed by atoms with E-state index in [0.717, 1.165) is 23.1 Å². The van der Waals surface area contributed by atoms with Crippen molar-refractivity contribution < 1.29 is 4.74 Å². The minimum absolute atomic E-state index is 0.557. The van der Waals surface area contributed by atoms with Gasteiger partial charge in [0.2, 0.25) is 0 Å². The van der Waals surface area contributed by atoms with E-state index in [4.69, 9.17) is 10.00 Å². The Morgan fingerprint density at radius 1 is 1.20 bits per heavy atom. The monoisotopic (exact) mass is 330 g/mol. The molecule has 0 aliphatic carbocycles. The van der Waals surface area contributed by atoms with Crippen LogP contribution >= 0.6 is 15.9 Å². The fraction of sp³-hybridized carbons (Fsp3) is 0.188. The van der Waals surface area contributed by atoms with Gasteiger partial charge in [0, 0.05) is 17.6 Å². The lowest BCUT2D eigenvalue weighted by Crippen LogP contribution is -2.13. The summed E-state index contributed by atoms with van der Waals surface area (Å²) >= 11 is 3.53. The Morgan fingerprint density at radius 3 is 2.70 bits per heavy atom. The summed E-state index contributed by atoms with van der Waals surface area (Å²) in [5.74, 6) is 0.618. The van der Waals surface area contributed by atoms with Crippen molar-refractivity contribution in [2.75, 3.05) is 7.11 Å². The molecule has 0 aromatic heterocycles. The molecule has 0 fully saturated rings. The van der Waals surface area contributed by atoms with Gasteiger partial charge in [0.05, 0.1) is 12.7 Å². The van der Waals surface area contributed by atoms with Crippen molar-refractivity contribution in [3.05, 3.63) is 63.6 Å². The Hall–Kier alpha value is -1.83. The number of methoxy groups -OCH3 is 1. The molecule has 1 N–H and O–H groups in total. The average Bonchev–Trinajstić information content (AvgIpc) is 2.49. The van der Waals surface area contributed by atoms with Gasteiger partial charge in [-0.2, -0.15) is 5.26 Å². The Morgan fingerprint density at radius 2 is 2.00 bits per heavy atom. The minimum Gasteiger partial charge on any atom is -0.495 e. The number of ether oxygens (including phenoxy) is 1. The molecule has 0 bridgehead atoms. The van der Waals surface area contributed by atoms with Crippen LogP contribution in [0.15, 0.2) is 46.9 Å². The standard InChI is InChI=1S/C16H15BrN2O/c1-20-16-8-12(6-7-13(16)9-18)10-19-11-14-4-2-3-5-15(14)17/h2-8,19H,10-11H2,1H3. The Labute approximate surface area is 127 Å². The second-order valence-electron chi connectivity index (χ2n) is 4.34. The molecule has 0 radical (unpaired) electrons. The first-order valence-corrected chi connectivity index (χ1v) is 7.05. The lowest BCUT2D eigenvalue weighted by molar-refractivity contribution is 0.412. The maximum atomic E-state index is 8.94. The highest BCUT2D eigenvalue weighted by atomic mass is 79.9. The number of rotatable bonds is 5. The lowest BCUT2D eigenvalue weighted by atomic mass is 10.1. The van der Waals surface area contributed by atoms with E-state index in [1.54, 1.807) is 13.2 Å². The third-order valence-corrected chi connectivity index (χ3v) is 3.76. The summed E-state index contributed by atoms with van der Waals surface area (Å²) in [4.78, 5) is 0. The third kappa shape index (κ3) is 3.60. The van der Waals surface area contributed by atoms with Crippen LogP contribution in [-0.4, -0.2) is 7.11 Å². The highest BCUT2D eigenvalue weighted by Gasteiger charge is 2.04. The summed E-state index contributed by atoms with van der Waals surface area (Å²) in [6, 6.07) is 15.9. The Bertz CT molecular complexity index is 635. The molecule has 0 heterocycles. The summed E-state index contributed by atoms with van der Waals surface area (Å²) in [5, 5.41) is 12.3. The number of benzene rings is 2. The van der Waals surface area contributed by atoms with Gasteiger partial charge in [-0.05, 0) is 29.3 Å². The second-order valence-corrected chi connectivity index (χ2v) is 5.20. The van der Waals surface area contributed by atoms with Crippen molar-refractivity contribution >= 4 is 15.9 Å². The summed E-state index contributed by atoms with van der Waals surface area (Å²) in [6.07, 6.45) is 0. The molecule has 0 unspecified atom stereocenters. The van der Waals surface area contributed by atoms with Crippen LogP contribution in [0.5, 0.6) is 5.75 Å². The number of hydrogen-bond donors (Lipinski definition) is 1. The van der Waals surface area contributed by atoms with Crippen LogP contribution < -0.4 is 10.1 Å². The SMILES string of the molecule is COc1cc(CNCc2ccccc2Br)ccc1C#N. The zero-order valence-electron chi connectivity index (χ0n) is 11.2. The van der Waals surface area contributed by atoms with Crippen LogP contribution in [-0.2, 0) is 13.1 Å². The maximum Gasteiger partial charge on any atom is 0.136 e. The second kappa shape index (κ2) is 7.09. The van der Waals surface area contributed by atoms with E-state index in [1.807, 2.05) is 30.3 Å². The van der Waals surface area contributed by atoms with Gasteiger partial charge in [-0.1, -0.05) is 40.2 Å². The van der Waals surface area contributed by atoms with Gasteiger partial charge < -0.3 is 10.1 Å². The molecular formula is C16H15BrN2O. The molecule has 3 nitrogen and oxygen atoms in total. The molecular weight excluding hydrogens is 316 g/mol. The van der Waals surface area contributed by atoms with Gasteiger partial charge in [0.15, 0.2) is 0 Å². The molecule has 4 heteroatoms. The van der Waals surface area contributed by atoms with E-state index < -0.39 is 0 Å². The number of hydrogen-bond acceptors (Lipinski definition) is 3. The van der Waals surface area contributed by atoms with E-state index in [9.17, 15) is 0 Å². The first-order valence-electron chi connectivity index (χ1n) is 6.25. The molecule has 0 amide bonds. The molecule has 0 saturated carbocycles.